The van der Waals surface area contributed by atoms with Crippen LogP contribution in [0.1, 0.15) is 23.2 Å². The van der Waals surface area contributed by atoms with E-state index in [-0.39, 0.29) is 29.7 Å². The number of hydrogen-bond donors (Lipinski definition) is 2. The maximum Gasteiger partial charge on any atom is 0.283 e. The maximum atomic E-state index is 12.0. The highest BCUT2D eigenvalue weighted by Crippen LogP contribution is 2.23. The van der Waals surface area contributed by atoms with Crippen LogP contribution in [0, 0.1) is 10.1 Å². The minimum Gasteiger partial charge on any atom is -0.350 e. The highest BCUT2D eigenvalue weighted by atomic mass is 79.9. The number of hydrogen-bond acceptors (Lipinski definition) is 4. The first-order valence-corrected chi connectivity index (χ1v) is 6.83. The van der Waals surface area contributed by atoms with Crippen molar-refractivity contribution in [3.05, 3.63) is 38.3 Å². The first-order valence-electron chi connectivity index (χ1n) is 6.03. The average molecular weight is 365 g/mol. The zero-order valence-electron chi connectivity index (χ0n) is 10.6. The Kier molecular flexibility index (Phi) is 6.38. The molecule has 1 atom stereocenters. The van der Waals surface area contributed by atoms with Gasteiger partial charge in [0.1, 0.15) is 5.56 Å². The number of amides is 1. The maximum absolute atomic E-state index is 12.0. The summed E-state index contributed by atoms with van der Waals surface area (Å²) >= 11 is 3.16. The van der Waals surface area contributed by atoms with Crippen LogP contribution in [0.5, 0.6) is 0 Å². The average Bonchev–Trinajstić information content (AvgIpc) is 2.88. The lowest BCUT2D eigenvalue weighted by Gasteiger charge is -2.11. The molecule has 110 valence electrons. The molecule has 2 rings (SSSR count). The van der Waals surface area contributed by atoms with E-state index in [0.29, 0.717) is 11.0 Å². The largest absolute Gasteiger partial charge is 0.350 e. The van der Waals surface area contributed by atoms with Crippen molar-refractivity contribution in [1.82, 2.24) is 10.6 Å². The number of halogens is 2. The molecule has 0 spiro atoms. The second kappa shape index (κ2) is 7.56. The summed E-state index contributed by atoms with van der Waals surface area (Å²) in [4.78, 5) is 22.4. The fourth-order valence-electron chi connectivity index (χ4n) is 2.09. The Morgan fingerprint density at radius 3 is 2.90 bits per heavy atom. The minimum absolute atomic E-state index is 0. The van der Waals surface area contributed by atoms with Crippen LogP contribution in [0.4, 0.5) is 5.69 Å². The second-order valence-corrected chi connectivity index (χ2v) is 5.34. The van der Waals surface area contributed by atoms with Crippen molar-refractivity contribution in [2.24, 2.45) is 0 Å². The van der Waals surface area contributed by atoms with Crippen molar-refractivity contribution < 1.29 is 9.72 Å². The highest BCUT2D eigenvalue weighted by Gasteiger charge is 2.21. The van der Waals surface area contributed by atoms with E-state index in [2.05, 4.69) is 26.6 Å². The molecule has 2 N–H and O–H groups in total. The summed E-state index contributed by atoms with van der Waals surface area (Å²) in [6.45, 7) is 1.45. The monoisotopic (exact) mass is 363 g/mol. The molecule has 1 unspecified atom stereocenters. The lowest BCUT2D eigenvalue weighted by Crippen LogP contribution is -2.37. The lowest BCUT2D eigenvalue weighted by molar-refractivity contribution is -0.385. The molecule has 0 aromatic heterocycles. The Balaban J connectivity index is 0.00000200. The highest BCUT2D eigenvalue weighted by molar-refractivity contribution is 9.10. The molecule has 8 heteroatoms. The van der Waals surface area contributed by atoms with Crippen molar-refractivity contribution in [1.29, 1.82) is 0 Å². The zero-order valence-corrected chi connectivity index (χ0v) is 13.0. The van der Waals surface area contributed by atoms with Gasteiger partial charge < -0.3 is 10.6 Å². The van der Waals surface area contributed by atoms with Gasteiger partial charge >= 0.3 is 0 Å². The smallest absolute Gasteiger partial charge is 0.283 e. The van der Waals surface area contributed by atoms with E-state index in [1.54, 1.807) is 6.07 Å². The van der Waals surface area contributed by atoms with Crippen LogP contribution in [0.2, 0.25) is 0 Å². The van der Waals surface area contributed by atoms with E-state index in [1.807, 2.05) is 0 Å². The Bertz CT molecular complexity index is 507. The fraction of sp³-hybridized carbons (Fsp3) is 0.417. The molecule has 1 aromatic carbocycles. The number of nitro benzene ring substituents is 1. The van der Waals surface area contributed by atoms with Crippen molar-refractivity contribution in [3.63, 3.8) is 0 Å². The molecular weight excluding hydrogens is 350 g/mol. The van der Waals surface area contributed by atoms with Gasteiger partial charge in [0.05, 0.1) is 4.92 Å². The molecule has 1 aliphatic rings. The van der Waals surface area contributed by atoms with E-state index in [1.165, 1.54) is 12.1 Å². The summed E-state index contributed by atoms with van der Waals surface area (Å²) in [6, 6.07) is 4.68. The van der Waals surface area contributed by atoms with Gasteiger partial charge in [-0.15, -0.1) is 12.4 Å². The predicted octanol–water partition coefficient (Wildman–Crippen LogP) is 2.26. The van der Waals surface area contributed by atoms with E-state index < -0.39 is 10.8 Å². The molecular formula is C12H15BrClN3O3. The molecule has 6 nitrogen and oxygen atoms in total. The Labute approximate surface area is 131 Å². The molecule has 1 amide bonds. The van der Waals surface area contributed by atoms with Crippen LogP contribution in [0.3, 0.4) is 0 Å². The summed E-state index contributed by atoms with van der Waals surface area (Å²) < 4.78 is 0.577. The second-order valence-electron chi connectivity index (χ2n) is 4.42. The Morgan fingerprint density at radius 1 is 1.55 bits per heavy atom. The van der Waals surface area contributed by atoms with Gasteiger partial charge in [-0.3, -0.25) is 14.9 Å². The van der Waals surface area contributed by atoms with E-state index in [0.717, 1.165) is 19.4 Å². The summed E-state index contributed by atoms with van der Waals surface area (Å²) in [6.07, 6.45) is 2.11. The van der Waals surface area contributed by atoms with Crippen LogP contribution in [-0.2, 0) is 0 Å². The van der Waals surface area contributed by atoms with Gasteiger partial charge in [0.15, 0.2) is 0 Å². The molecule has 1 heterocycles. The molecule has 0 radical (unpaired) electrons. The first-order chi connectivity index (χ1) is 9.08. The van der Waals surface area contributed by atoms with Crippen molar-refractivity contribution in [2.45, 2.75) is 18.9 Å². The topological polar surface area (TPSA) is 84.3 Å². The number of benzene rings is 1. The number of carbonyl (C=O) groups excluding carboxylic acids is 1. The molecule has 20 heavy (non-hydrogen) atoms. The molecule has 0 saturated carbocycles. The third-order valence-electron chi connectivity index (χ3n) is 3.07. The molecule has 0 bridgehead atoms. The summed E-state index contributed by atoms with van der Waals surface area (Å²) in [5, 5.41) is 16.9. The van der Waals surface area contributed by atoms with Crippen molar-refractivity contribution in [2.75, 3.05) is 13.1 Å². The van der Waals surface area contributed by atoms with Crippen molar-refractivity contribution >= 4 is 39.9 Å². The Morgan fingerprint density at radius 2 is 2.30 bits per heavy atom. The van der Waals surface area contributed by atoms with Crippen LogP contribution in [0.25, 0.3) is 0 Å². The third-order valence-corrected chi connectivity index (χ3v) is 3.57. The SMILES string of the molecule is Cl.O=C(NCC1CCCN1)c1ccc(Br)cc1[N+](=O)[O-]. The van der Waals surface area contributed by atoms with Crippen molar-refractivity contribution in [3.8, 4) is 0 Å². The van der Waals surface area contributed by atoms with Crippen LogP contribution in [0.15, 0.2) is 22.7 Å². The number of nitrogens with zero attached hydrogens (tertiary/aromatic N) is 1. The predicted molar refractivity (Wildman–Crippen MR) is 81.4 cm³/mol. The summed E-state index contributed by atoms with van der Waals surface area (Å²) in [5.74, 6) is -0.409. The van der Waals surface area contributed by atoms with Gasteiger partial charge in [-0.25, -0.2) is 0 Å². The number of nitro groups is 1. The van der Waals surface area contributed by atoms with Gasteiger partial charge in [-0.1, -0.05) is 15.9 Å². The summed E-state index contributed by atoms with van der Waals surface area (Å²) in [7, 11) is 0. The zero-order chi connectivity index (χ0) is 13.8. The normalized spacial score (nSPS) is 17.4. The van der Waals surface area contributed by atoms with E-state index >= 15 is 0 Å². The summed E-state index contributed by atoms with van der Waals surface area (Å²) in [5.41, 5.74) is -0.0996. The molecule has 1 aromatic rings. The van der Waals surface area contributed by atoms with Gasteiger partial charge in [0.2, 0.25) is 0 Å². The quantitative estimate of drug-likeness (QED) is 0.634. The number of carbonyl (C=O) groups is 1. The number of rotatable bonds is 4. The van der Waals surface area contributed by atoms with Crippen LogP contribution < -0.4 is 10.6 Å². The first kappa shape index (κ1) is 16.9. The Hall–Kier alpha value is -1.18. The van der Waals surface area contributed by atoms with Gasteiger partial charge in [0, 0.05) is 23.1 Å². The van der Waals surface area contributed by atoms with Gasteiger partial charge in [0.25, 0.3) is 11.6 Å². The van der Waals surface area contributed by atoms with Crippen LogP contribution >= 0.6 is 28.3 Å². The lowest BCUT2D eigenvalue weighted by atomic mass is 10.1. The van der Waals surface area contributed by atoms with Crippen LogP contribution in [-0.4, -0.2) is 30.0 Å². The molecule has 1 fully saturated rings. The third kappa shape index (κ3) is 4.16. The molecule has 1 aliphatic heterocycles. The van der Waals surface area contributed by atoms with E-state index in [9.17, 15) is 14.9 Å². The standard InChI is InChI=1S/C12H14BrN3O3.ClH/c13-8-3-4-10(11(6-8)16(18)19)12(17)15-7-9-2-1-5-14-9;/h3-4,6,9,14H,1-2,5,7H2,(H,15,17);1H. The minimum atomic E-state index is -0.548. The van der Waals surface area contributed by atoms with E-state index in [4.69, 9.17) is 0 Å². The number of nitrogens with one attached hydrogen (secondary N) is 2. The van der Waals surface area contributed by atoms with Gasteiger partial charge in [-0.05, 0) is 31.5 Å². The fourth-order valence-corrected chi connectivity index (χ4v) is 2.44. The molecule has 0 aliphatic carbocycles. The van der Waals surface area contributed by atoms with Gasteiger partial charge in [-0.2, -0.15) is 0 Å². The molecule has 1 saturated heterocycles.